The van der Waals surface area contributed by atoms with Crippen molar-refractivity contribution in [2.45, 2.75) is 19.4 Å². The number of nitro benzene ring substituents is 1. The van der Waals surface area contributed by atoms with Crippen molar-refractivity contribution in [2.24, 2.45) is 0 Å². The average Bonchev–Trinajstić information content (AvgIpc) is 2.24. The summed E-state index contributed by atoms with van der Waals surface area (Å²) in [6, 6.07) is 3.26. The molecule has 0 bridgehead atoms. The van der Waals surface area contributed by atoms with E-state index in [1.165, 1.54) is 18.2 Å². The minimum absolute atomic E-state index is 0.0276. The number of aliphatic carboxylic acids is 1. The lowest BCUT2D eigenvalue weighted by Crippen LogP contribution is -2.28. The molecule has 0 radical (unpaired) electrons. The number of hydrogen-bond donors (Lipinski definition) is 2. The zero-order valence-electron chi connectivity index (χ0n) is 9.01. The summed E-state index contributed by atoms with van der Waals surface area (Å²) in [4.78, 5) is 20.7. The molecule has 0 saturated carbocycles. The highest BCUT2D eigenvalue weighted by molar-refractivity contribution is 6.32. The number of nitrogens with zero attached hydrogens (tertiary/aromatic N) is 1. The number of nitrogens with one attached hydrogen (secondary N) is 1. The number of rotatable bonds is 5. The zero-order chi connectivity index (χ0) is 13.0. The smallest absolute Gasteiger partial charge is 0.326 e. The molecule has 7 heteroatoms. The maximum Gasteiger partial charge on any atom is 0.326 e. The molecule has 0 saturated heterocycles. The van der Waals surface area contributed by atoms with Gasteiger partial charge >= 0.3 is 5.97 Å². The summed E-state index contributed by atoms with van der Waals surface area (Å²) < 4.78 is 0. The van der Waals surface area contributed by atoms with E-state index in [9.17, 15) is 14.9 Å². The van der Waals surface area contributed by atoms with E-state index in [1.54, 1.807) is 6.92 Å². The van der Waals surface area contributed by atoms with Gasteiger partial charge in [-0.2, -0.15) is 0 Å². The van der Waals surface area contributed by atoms with Crippen LogP contribution in [0.5, 0.6) is 0 Å². The first-order valence-corrected chi connectivity index (χ1v) is 5.26. The fourth-order valence-electron chi connectivity index (χ4n) is 1.28. The molecule has 1 atom stereocenters. The molecule has 17 heavy (non-hydrogen) atoms. The summed E-state index contributed by atoms with van der Waals surface area (Å²) in [7, 11) is 0. The number of hydrogen-bond acceptors (Lipinski definition) is 4. The standard InChI is InChI=1S/C10H11ClN2O4/c1-2-8(10(14)15)12-6-3-4-9(13(16)17)7(11)5-6/h3-5,8,12H,2H2,1H3,(H,14,15). The molecule has 1 aromatic rings. The summed E-state index contributed by atoms with van der Waals surface area (Å²) >= 11 is 5.70. The Hall–Kier alpha value is -1.82. The van der Waals surface area contributed by atoms with E-state index in [0.717, 1.165) is 0 Å². The van der Waals surface area contributed by atoms with Crippen molar-refractivity contribution in [1.82, 2.24) is 0 Å². The summed E-state index contributed by atoms with van der Waals surface area (Å²) in [6.07, 6.45) is 0.393. The zero-order valence-corrected chi connectivity index (χ0v) is 9.77. The normalized spacial score (nSPS) is 11.9. The molecule has 0 aliphatic heterocycles. The largest absolute Gasteiger partial charge is 0.480 e. The van der Waals surface area contributed by atoms with Crippen LogP contribution in [0.1, 0.15) is 13.3 Å². The second-order valence-electron chi connectivity index (χ2n) is 3.37. The van der Waals surface area contributed by atoms with Gasteiger partial charge in [-0.15, -0.1) is 0 Å². The number of carboxylic acid groups (broad SMARTS) is 1. The Bertz CT molecular complexity index is 450. The third-order valence-electron chi connectivity index (χ3n) is 2.19. The maximum atomic E-state index is 10.8. The Morgan fingerprint density at radius 1 is 1.65 bits per heavy atom. The highest BCUT2D eigenvalue weighted by Crippen LogP contribution is 2.27. The topological polar surface area (TPSA) is 92.5 Å². The predicted molar refractivity (Wildman–Crippen MR) is 63.4 cm³/mol. The van der Waals surface area contributed by atoms with Crippen molar-refractivity contribution in [2.75, 3.05) is 5.32 Å². The van der Waals surface area contributed by atoms with E-state index in [-0.39, 0.29) is 10.7 Å². The molecular weight excluding hydrogens is 248 g/mol. The van der Waals surface area contributed by atoms with Crippen molar-refractivity contribution in [1.29, 1.82) is 0 Å². The number of halogens is 1. The first kappa shape index (κ1) is 13.2. The van der Waals surface area contributed by atoms with Gasteiger partial charge < -0.3 is 10.4 Å². The van der Waals surface area contributed by atoms with E-state index < -0.39 is 16.9 Å². The van der Waals surface area contributed by atoms with Gasteiger partial charge in [0, 0.05) is 11.8 Å². The van der Waals surface area contributed by atoms with E-state index >= 15 is 0 Å². The SMILES string of the molecule is CCC(Nc1ccc([N+](=O)[O-])c(Cl)c1)C(=O)O. The van der Waals surface area contributed by atoms with Gasteiger partial charge in [0.25, 0.3) is 5.69 Å². The van der Waals surface area contributed by atoms with E-state index in [0.29, 0.717) is 12.1 Å². The first-order valence-electron chi connectivity index (χ1n) is 4.89. The predicted octanol–water partition coefficient (Wildman–Crippen LogP) is 2.52. The van der Waals surface area contributed by atoms with Crippen LogP contribution in [0, 0.1) is 10.1 Å². The average molecular weight is 259 g/mol. The summed E-state index contributed by atoms with van der Waals surface area (Å²) in [5.74, 6) is -0.984. The molecule has 2 N–H and O–H groups in total. The first-order chi connectivity index (χ1) is 7.95. The summed E-state index contributed by atoms with van der Waals surface area (Å²) in [6.45, 7) is 1.72. The molecular formula is C10H11ClN2O4. The van der Waals surface area contributed by atoms with Crippen molar-refractivity contribution >= 4 is 28.9 Å². The van der Waals surface area contributed by atoms with Crippen LogP contribution in [0.3, 0.4) is 0 Å². The van der Waals surface area contributed by atoms with Gasteiger partial charge in [0.05, 0.1) is 4.92 Å². The Labute approximate surface area is 102 Å². The molecule has 1 aromatic carbocycles. The van der Waals surface area contributed by atoms with Gasteiger partial charge in [0.1, 0.15) is 11.1 Å². The van der Waals surface area contributed by atoms with Gasteiger partial charge in [-0.05, 0) is 18.6 Å². The van der Waals surface area contributed by atoms with Crippen LogP contribution in [0.2, 0.25) is 5.02 Å². The van der Waals surface area contributed by atoms with Gasteiger partial charge in [0.2, 0.25) is 0 Å². The van der Waals surface area contributed by atoms with Crippen molar-refractivity contribution < 1.29 is 14.8 Å². The minimum Gasteiger partial charge on any atom is -0.480 e. The van der Waals surface area contributed by atoms with Crippen molar-refractivity contribution in [3.63, 3.8) is 0 Å². The summed E-state index contributed by atoms with van der Waals surface area (Å²) in [5.41, 5.74) is 0.232. The fraction of sp³-hybridized carbons (Fsp3) is 0.300. The van der Waals surface area contributed by atoms with Gasteiger partial charge in [-0.3, -0.25) is 10.1 Å². The molecule has 0 fully saturated rings. The lowest BCUT2D eigenvalue weighted by atomic mass is 10.2. The van der Waals surface area contributed by atoms with Crippen LogP contribution in [0.25, 0.3) is 0 Å². The number of benzene rings is 1. The van der Waals surface area contributed by atoms with Gasteiger partial charge in [-0.25, -0.2) is 4.79 Å². The van der Waals surface area contributed by atoms with Crippen LogP contribution in [-0.4, -0.2) is 22.0 Å². The maximum absolute atomic E-state index is 10.8. The Kier molecular flexibility index (Phi) is 4.28. The second kappa shape index (κ2) is 5.49. The van der Waals surface area contributed by atoms with E-state index in [2.05, 4.69) is 5.32 Å². The second-order valence-corrected chi connectivity index (χ2v) is 3.77. The number of carbonyl (C=O) groups is 1. The fourth-order valence-corrected chi connectivity index (χ4v) is 1.53. The highest BCUT2D eigenvalue weighted by atomic mass is 35.5. The monoisotopic (exact) mass is 258 g/mol. The van der Waals surface area contributed by atoms with Crippen LogP contribution >= 0.6 is 11.6 Å². The Morgan fingerprint density at radius 3 is 2.71 bits per heavy atom. The molecule has 0 aliphatic carbocycles. The minimum atomic E-state index is -0.984. The van der Waals surface area contributed by atoms with E-state index in [4.69, 9.17) is 16.7 Å². The number of nitro groups is 1. The molecule has 1 rings (SSSR count). The van der Waals surface area contributed by atoms with Crippen molar-refractivity contribution in [3.8, 4) is 0 Å². The van der Waals surface area contributed by atoms with Crippen LogP contribution < -0.4 is 5.32 Å². The van der Waals surface area contributed by atoms with Gasteiger partial charge in [-0.1, -0.05) is 18.5 Å². The number of carboxylic acids is 1. The lowest BCUT2D eigenvalue weighted by molar-refractivity contribution is -0.384. The molecule has 6 nitrogen and oxygen atoms in total. The molecule has 0 spiro atoms. The third kappa shape index (κ3) is 3.32. The molecule has 1 unspecified atom stereocenters. The molecule has 0 heterocycles. The Morgan fingerprint density at radius 2 is 2.29 bits per heavy atom. The van der Waals surface area contributed by atoms with Crippen LogP contribution in [0.4, 0.5) is 11.4 Å². The molecule has 0 aromatic heterocycles. The Balaban J connectivity index is 2.90. The third-order valence-corrected chi connectivity index (χ3v) is 2.49. The summed E-state index contributed by atoms with van der Waals surface area (Å²) in [5, 5.41) is 22.1. The lowest BCUT2D eigenvalue weighted by Gasteiger charge is -2.13. The van der Waals surface area contributed by atoms with E-state index in [1.807, 2.05) is 0 Å². The van der Waals surface area contributed by atoms with Gasteiger partial charge in [0.15, 0.2) is 0 Å². The molecule has 92 valence electrons. The number of anilines is 1. The highest BCUT2D eigenvalue weighted by Gasteiger charge is 2.17. The van der Waals surface area contributed by atoms with Crippen molar-refractivity contribution in [3.05, 3.63) is 33.3 Å². The van der Waals surface area contributed by atoms with Crippen LogP contribution in [-0.2, 0) is 4.79 Å². The van der Waals surface area contributed by atoms with Crippen LogP contribution in [0.15, 0.2) is 18.2 Å². The quantitative estimate of drug-likeness (QED) is 0.625. The molecule has 0 amide bonds. The molecule has 0 aliphatic rings.